The smallest absolute Gasteiger partial charge is 0.245 e. The van der Waals surface area contributed by atoms with Crippen LogP contribution in [-0.4, -0.2) is 35.7 Å². The van der Waals surface area contributed by atoms with Gasteiger partial charge in [0.25, 0.3) is 0 Å². The van der Waals surface area contributed by atoms with Gasteiger partial charge in [0.15, 0.2) is 0 Å². The summed E-state index contributed by atoms with van der Waals surface area (Å²) >= 11 is 0. The minimum atomic E-state index is -0.454. The molecule has 6 nitrogen and oxygen atoms in total. The van der Waals surface area contributed by atoms with Gasteiger partial charge < -0.3 is 9.64 Å². The van der Waals surface area contributed by atoms with E-state index in [4.69, 9.17) is 4.74 Å². The van der Waals surface area contributed by atoms with Gasteiger partial charge in [0, 0.05) is 19.2 Å². The van der Waals surface area contributed by atoms with Crippen molar-refractivity contribution in [1.29, 1.82) is 0 Å². The van der Waals surface area contributed by atoms with Gasteiger partial charge in [-0.3, -0.25) is 14.8 Å². The lowest BCUT2D eigenvalue weighted by Gasteiger charge is -2.47. The Morgan fingerprint density at radius 2 is 1.90 bits per heavy atom. The summed E-state index contributed by atoms with van der Waals surface area (Å²) in [6.07, 6.45) is 2.01. The first-order valence-electron chi connectivity index (χ1n) is 9.30. The average molecular weight is 398 g/mol. The lowest BCUT2D eigenvalue weighted by molar-refractivity contribution is -0.159. The first kappa shape index (κ1) is 20.5. The molecule has 2 amide bonds. The fourth-order valence-corrected chi connectivity index (χ4v) is 3.46. The number of hydrogen-bond acceptors (Lipinski definition) is 4. The summed E-state index contributed by atoms with van der Waals surface area (Å²) in [4.78, 5) is 26.2. The molecule has 2 aromatic rings. The fourth-order valence-electron chi connectivity index (χ4n) is 3.46. The van der Waals surface area contributed by atoms with Gasteiger partial charge in [-0.15, -0.1) is 0 Å². The van der Waals surface area contributed by atoms with Crippen LogP contribution in [0.4, 0.5) is 10.1 Å². The minimum Gasteiger partial charge on any atom is -0.490 e. The molecule has 0 unspecified atom stereocenters. The fraction of sp³-hybridized carbons (Fsp3) is 0.273. The number of benzene rings is 2. The third kappa shape index (κ3) is 4.46. The maximum atomic E-state index is 13.3. The Morgan fingerprint density at radius 3 is 2.48 bits per heavy atom. The third-order valence-electron chi connectivity index (χ3n) is 4.94. The number of hydrogen-bond donors (Lipinski definition) is 1. The van der Waals surface area contributed by atoms with Crippen LogP contribution in [0.15, 0.2) is 61.2 Å². The van der Waals surface area contributed by atoms with E-state index in [1.165, 1.54) is 19.2 Å². The SMILES string of the molecule is C=CCOc1ccc([C@@H]2[C@@H](CCC(=O)N(C)O)C(=O)N2c2ccc(F)cc2)cc1. The number of carbonyl (C=O) groups excluding carboxylic acids is 2. The van der Waals surface area contributed by atoms with Gasteiger partial charge in [-0.1, -0.05) is 24.8 Å². The second-order valence-corrected chi connectivity index (χ2v) is 6.86. The van der Waals surface area contributed by atoms with E-state index in [0.29, 0.717) is 29.5 Å². The van der Waals surface area contributed by atoms with Crippen LogP contribution in [-0.2, 0) is 9.59 Å². The number of anilines is 1. The number of β-lactam (4-membered cyclic amide) rings is 1. The van der Waals surface area contributed by atoms with Gasteiger partial charge in [-0.25, -0.2) is 9.45 Å². The van der Waals surface area contributed by atoms with Crippen molar-refractivity contribution in [3.05, 3.63) is 72.6 Å². The Kier molecular flexibility index (Phi) is 6.29. The molecule has 0 saturated carbocycles. The van der Waals surface area contributed by atoms with E-state index < -0.39 is 11.8 Å². The van der Waals surface area contributed by atoms with Crippen molar-refractivity contribution in [1.82, 2.24) is 5.06 Å². The summed E-state index contributed by atoms with van der Waals surface area (Å²) in [5.41, 5.74) is 1.48. The monoisotopic (exact) mass is 398 g/mol. The number of hydroxylamine groups is 2. The maximum absolute atomic E-state index is 13.3. The Morgan fingerprint density at radius 1 is 1.24 bits per heavy atom. The number of rotatable bonds is 8. The number of nitrogens with zero attached hydrogens (tertiary/aromatic N) is 2. The van der Waals surface area contributed by atoms with Crippen molar-refractivity contribution < 1.29 is 23.9 Å². The van der Waals surface area contributed by atoms with E-state index in [0.717, 1.165) is 5.56 Å². The zero-order valence-electron chi connectivity index (χ0n) is 16.1. The topological polar surface area (TPSA) is 70.1 Å². The molecule has 0 aromatic heterocycles. The van der Waals surface area contributed by atoms with Crippen LogP contribution in [0.1, 0.15) is 24.4 Å². The second kappa shape index (κ2) is 8.87. The second-order valence-electron chi connectivity index (χ2n) is 6.86. The average Bonchev–Trinajstić information content (AvgIpc) is 2.72. The molecule has 0 radical (unpaired) electrons. The predicted molar refractivity (Wildman–Crippen MR) is 106 cm³/mol. The Bertz CT molecular complexity index is 881. The van der Waals surface area contributed by atoms with Crippen LogP contribution >= 0.6 is 0 Å². The van der Waals surface area contributed by atoms with Gasteiger partial charge in [-0.05, 0) is 48.4 Å². The number of ether oxygens (including phenoxy) is 1. The summed E-state index contributed by atoms with van der Waals surface area (Å²) in [5, 5.41) is 9.79. The van der Waals surface area contributed by atoms with Crippen molar-refractivity contribution in [3.8, 4) is 5.75 Å². The lowest BCUT2D eigenvalue weighted by Crippen LogP contribution is -2.55. The Hall–Kier alpha value is -3.19. The van der Waals surface area contributed by atoms with Crippen LogP contribution < -0.4 is 9.64 Å². The number of carbonyl (C=O) groups is 2. The molecule has 7 heteroatoms. The molecular formula is C22H23FN2O4. The largest absolute Gasteiger partial charge is 0.490 e. The minimum absolute atomic E-state index is 0.0533. The van der Waals surface area contributed by atoms with Crippen LogP contribution in [0.5, 0.6) is 5.75 Å². The van der Waals surface area contributed by atoms with Crippen molar-refractivity contribution in [2.45, 2.75) is 18.9 Å². The van der Waals surface area contributed by atoms with Gasteiger partial charge in [0.1, 0.15) is 18.2 Å². The highest BCUT2D eigenvalue weighted by Crippen LogP contribution is 2.45. The predicted octanol–water partition coefficient (Wildman–Crippen LogP) is 3.72. The van der Waals surface area contributed by atoms with E-state index in [9.17, 15) is 19.2 Å². The summed E-state index contributed by atoms with van der Waals surface area (Å²) in [5.74, 6) is -0.702. The highest BCUT2D eigenvalue weighted by Gasteiger charge is 2.48. The Balaban J connectivity index is 1.84. The quantitative estimate of drug-likeness (QED) is 0.318. The van der Waals surface area contributed by atoms with E-state index in [2.05, 4.69) is 6.58 Å². The normalized spacial score (nSPS) is 18.2. The molecule has 0 spiro atoms. The molecule has 2 atom stereocenters. The van der Waals surface area contributed by atoms with E-state index in [1.54, 1.807) is 23.1 Å². The highest BCUT2D eigenvalue weighted by atomic mass is 19.1. The first-order chi connectivity index (χ1) is 13.9. The van der Waals surface area contributed by atoms with Crippen LogP contribution in [0.3, 0.4) is 0 Å². The summed E-state index contributed by atoms with van der Waals surface area (Å²) < 4.78 is 18.8. The molecule has 1 saturated heterocycles. The maximum Gasteiger partial charge on any atom is 0.245 e. The molecular weight excluding hydrogens is 375 g/mol. The molecule has 152 valence electrons. The van der Waals surface area contributed by atoms with Crippen LogP contribution in [0.25, 0.3) is 0 Å². The van der Waals surface area contributed by atoms with Crippen molar-refractivity contribution >= 4 is 17.5 Å². The van der Waals surface area contributed by atoms with Crippen LogP contribution in [0.2, 0.25) is 0 Å². The molecule has 1 aliphatic heterocycles. The number of halogens is 1. The molecule has 0 bridgehead atoms. The lowest BCUT2D eigenvalue weighted by atomic mass is 9.79. The first-order valence-corrected chi connectivity index (χ1v) is 9.30. The molecule has 0 aliphatic carbocycles. The third-order valence-corrected chi connectivity index (χ3v) is 4.94. The van der Waals surface area contributed by atoms with Gasteiger partial charge >= 0.3 is 0 Å². The molecule has 3 rings (SSSR count). The van der Waals surface area contributed by atoms with Gasteiger partial charge in [-0.2, -0.15) is 0 Å². The summed E-state index contributed by atoms with van der Waals surface area (Å²) in [7, 11) is 1.26. The molecule has 1 aliphatic rings. The van der Waals surface area contributed by atoms with E-state index in [1.807, 2.05) is 24.3 Å². The molecule has 1 fully saturated rings. The zero-order chi connectivity index (χ0) is 21.0. The van der Waals surface area contributed by atoms with Crippen molar-refractivity contribution in [2.75, 3.05) is 18.6 Å². The van der Waals surface area contributed by atoms with Crippen LogP contribution in [0, 0.1) is 11.7 Å². The standard InChI is InChI=1S/C22H23FN2O4/c1-3-14-29-18-10-4-15(5-11-18)21-19(12-13-20(26)24(2)28)22(27)25(21)17-8-6-16(23)7-9-17/h3-11,19,21,28H,1,12-14H2,2H3/t19-,21-/m1/s1. The van der Waals surface area contributed by atoms with Gasteiger partial charge in [0.05, 0.1) is 12.0 Å². The van der Waals surface area contributed by atoms with Crippen molar-refractivity contribution in [3.63, 3.8) is 0 Å². The summed E-state index contributed by atoms with van der Waals surface area (Å²) in [6, 6.07) is 12.8. The molecule has 2 aromatic carbocycles. The Labute approximate surface area is 168 Å². The van der Waals surface area contributed by atoms with E-state index in [-0.39, 0.29) is 24.2 Å². The summed E-state index contributed by atoms with van der Waals surface area (Å²) in [6.45, 7) is 4.01. The zero-order valence-corrected chi connectivity index (χ0v) is 16.1. The van der Waals surface area contributed by atoms with Gasteiger partial charge in [0.2, 0.25) is 11.8 Å². The number of amides is 2. The van der Waals surface area contributed by atoms with E-state index >= 15 is 0 Å². The highest BCUT2D eigenvalue weighted by molar-refractivity contribution is 6.03. The van der Waals surface area contributed by atoms with Crippen molar-refractivity contribution in [2.24, 2.45) is 5.92 Å². The molecule has 1 heterocycles. The molecule has 29 heavy (non-hydrogen) atoms. The molecule has 1 N–H and O–H groups in total.